The number of hydrogen-bond donors (Lipinski definition) is 4. The van der Waals surface area contributed by atoms with Crippen LogP contribution in [0.5, 0.6) is 0 Å². The summed E-state index contributed by atoms with van der Waals surface area (Å²) in [5.74, 6) is -1.55. The second-order valence-electron chi connectivity index (χ2n) is 4.99. The van der Waals surface area contributed by atoms with E-state index in [1.165, 1.54) is 24.3 Å². The highest BCUT2D eigenvalue weighted by Crippen LogP contribution is 2.11. The highest BCUT2D eigenvalue weighted by Gasteiger charge is 2.22. The van der Waals surface area contributed by atoms with Crippen LogP contribution in [0.1, 0.15) is 30.6 Å². The molecular weight excluding hydrogens is 262 g/mol. The second kappa shape index (κ2) is 6.05. The first-order valence-corrected chi connectivity index (χ1v) is 5.90. The van der Waals surface area contributed by atoms with Crippen molar-refractivity contribution in [3.05, 3.63) is 29.8 Å². The minimum absolute atomic E-state index is 0.0123. The van der Waals surface area contributed by atoms with Crippen LogP contribution in [-0.4, -0.2) is 28.6 Å². The number of hydrogen-bond acceptors (Lipinski definition) is 3. The number of carboxylic acid groups (broad SMARTS) is 1. The molecule has 0 fully saturated rings. The van der Waals surface area contributed by atoms with Crippen molar-refractivity contribution >= 4 is 23.6 Å². The summed E-state index contributed by atoms with van der Waals surface area (Å²) in [7, 11) is 0. The molecule has 0 atom stereocenters. The third-order valence-electron chi connectivity index (χ3n) is 2.46. The summed E-state index contributed by atoms with van der Waals surface area (Å²) < 4.78 is 0. The number of nitrogens with two attached hydrogens (primary N) is 1. The van der Waals surface area contributed by atoms with Crippen LogP contribution < -0.4 is 16.4 Å². The van der Waals surface area contributed by atoms with Gasteiger partial charge < -0.3 is 21.5 Å². The number of primary amides is 1. The average molecular weight is 279 g/mol. The standard InChI is InChI=1S/C13H17N3O4/c1-13(2,7-10(14)17)16-12(20)15-9-5-3-8(4-6-9)11(18)19/h3-6H,7H2,1-2H3,(H2,14,17)(H,18,19)(H2,15,16,20). The molecule has 1 aromatic carbocycles. The zero-order chi connectivity index (χ0) is 15.3. The lowest BCUT2D eigenvalue weighted by atomic mass is 10.0. The normalized spacial score (nSPS) is 10.7. The Morgan fingerprint density at radius 1 is 1.20 bits per heavy atom. The van der Waals surface area contributed by atoms with E-state index in [0.29, 0.717) is 5.69 Å². The largest absolute Gasteiger partial charge is 0.478 e. The summed E-state index contributed by atoms with van der Waals surface area (Å²) in [6.45, 7) is 3.34. The molecule has 7 nitrogen and oxygen atoms in total. The van der Waals surface area contributed by atoms with Crippen molar-refractivity contribution in [1.29, 1.82) is 0 Å². The summed E-state index contributed by atoms with van der Waals surface area (Å²) in [5.41, 5.74) is 4.89. The van der Waals surface area contributed by atoms with Crippen molar-refractivity contribution in [3.63, 3.8) is 0 Å². The van der Waals surface area contributed by atoms with Gasteiger partial charge in [0.05, 0.1) is 5.56 Å². The Kier molecular flexibility index (Phi) is 4.68. The molecule has 0 aromatic heterocycles. The van der Waals surface area contributed by atoms with Gasteiger partial charge in [0.2, 0.25) is 5.91 Å². The van der Waals surface area contributed by atoms with E-state index in [9.17, 15) is 14.4 Å². The predicted octanol–water partition coefficient (Wildman–Crippen LogP) is 1.16. The topological polar surface area (TPSA) is 122 Å². The Morgan fingerprint density at radius 2 is 1.75 bits per heavy atom. The zero-order valence-electron chi connectivity index (χ0n) is 11.3. The molecule has 0 saturated heterocycles. The molecule has 108 valence electrons. The van der Waals surface area contributed by atoms with E-state index in [2.05, 4.69) is 10.6 Å². The quantitative estimate of drug-likeness (QED) is 0.646. The van der Waals surface area contributed by atoms with Gasteiger partial charge in [-0.1, -0.05) is 0 Å². The lowest BCUT2D eigenvalue weighted by Crippen LogP contribution is -2.47. The van der Waals surface area contributed by atoms with Gasteiger partial charge >= 0.3 is 12.0 Å². The van der Waals surface area contributed by atoms with Gasteiger partial charge in [0.1, 0.15) is 0 Å². The van der Waals surface area contributed by atoms with Crippen LogP contribution in [0.15, 0.2) is 24.3 Å². The van der Waals surface area contributed by atoms with E-state index in [1.807, 2.05) is 0 Å². The monoisotopic (exact) mass is 279 g/mol. The summed E-state index contributed by atoms with van der Waals surface area (Å²) in [4.78, 5) is 33.3. The fraction of sp³-hybridized carbons (Fsp3) is 0.308. The van der Waals surface area contributed by atoms with Gasteiger partial charge in [-0.3, -0.25) is 4.79 Å². The molecule has 0 unspecified atom stereocenters. The zero-order valence-corrected chi connectivity index (χ0v) is 11.3. The van der Waals surface area contributed by atoms with Gasteiger partial charge in [-0.25, -0.2) is 9.59 Å². The summed E-state index contributed by atoms with van der Waals surface area (Å²) in [5, 5.41) is 13.9. The Morgan fingerprint density at radius 3 is 2.20 bits per heavy atom. The minimum Gasteiger partial charge on any atom is -0.478 e. The number of carbonyl (C=O) groups is 3. The molecule has 1 aromatic rings. The van der Waals surface area contributed by atoms with Crippen LogP contribution >= 0.6 is 0 Å². The summed E-state index contributed by atoms with van der Waals surface area (Å²) >= 11 is 0. The number of urea groups is 1. The van der Waals surface area contributed by atoms with Crippen molar-refractivity contribution in [2.45, 2.75) is 25.8 Å². The van der Waals surface area contributed by atoms with Gasteiger partial charge in [0.25, 0.3) is 0 Å². The van der Waals surface area contributed by atoms with Crippen molar-refractivity contribution < 1.29 is 19.5 Å². The average Bonchev–Trinajstić information content (AvgIpc) is 2.26. The number of benzene rings is 1. The fourth-order valence-corrected chi connectivity index (χ4v) is 1.65. The highest BCUT2D eigenvalue weighted by molar-refractivity contribution is 5.92. The lowest BCUT2D eigenvalue weighted by molar-refractivity contribution is -0.119. The number of amides is 3. The van der Waals surface area contributed by atoms with Crippen LogP contribution in [0, 0.1) is 0 Å². The van der Waals surface area contributed by atoms with Crippen LogP contribution in [0.25, 0.3) is 0 Å². The van der Waals surface area contributed by atoms with Gasteiger partial charge in [-0.2, -0.15) is 0 Å². The van der Waals surface area contributed by atoms with E-state index in [1.54, 1.807) is 13.8 Å². The first kappa shape index (κ1) is 15.5. The van der Waals surface area contributed by atoms with Crippen molar-refractivity contribution in [2.24, 2.45) is 5.73 Å². The first-order valence-electron chi connectivity index (χ1n) is 5.90. The molecule has 0 aliphatic rings. The molecule has 3 amide bonds. The number of carbonyl (C=O) groups excluding carboxylic acids is 2. The van der Waals surface area contributed by atoms with Crippen LogP contribution in [0.3, 0.4) is 0 Å². The first-order chi connectivity index (χ1) is 9.19. The van der Waals surface area contributed by atoms with Crippen LogP contribution in [0.4, 0.5) is 10.5 Å². The molecule has 5 N–H and O–H groups in total. The number of aromatic carboxylic acids is 1. The molecule has 0 aliphatic heterocycles. The molecule has 20 heavy (non-hydrogen) atoms. The van der Waals surface area contributed by atoms with Crippen molar-refractivity contribution in [3.8, 4) is 0 Å². The van der Waals surface area contributed by atoms with Gasteiger partial charge in [0, 0.05) is 17.6 Å². The SMILES string of the molecule is CC(C)(CC(N)=O)NC(=O)Nc1ccc(C(=O)O)cc1. The third-order valence-corrected chi connectivity index (χ3v) is 2.46. The van der Waals surface area contributed by atoms with Gasteiger partial charge in [-0.15, -0.1) is 0 Å². The van der Waals surface area contributed by atoms with E-state index in [0.717, 1.165) is 0 Å². The number of anilines is 1. The summed E-state index contributed by atoms with van der Waals surface area (Å²) in [6.07, 6.45) is 0.0123. The van der Waals surface area contributed by atoms with E-state index in [4.69, 9.17) is 10.8 Å². The van der Waals surface area contributed by atoms with E-state index < -0.39 is 23.4 Å². The second-order valence-corrected chi connectivity index (χ2v) is 4.99. The highest BCUT2D eigenvalue weighted by atomic mass is 16.4. The fourth-order valence-electron chi connectivity index (χ4n) is 1.65. The molecule has 0 spiro atoms. The molecule has 0 heterocycles. The van der Waals surface area contributed by atoms with Gasteiger partial charge in [-0.05, 0) is 38.1 Å². The Labute approximate surface area is 116 Å². The van der Waals surface area contributed by atoms with Crippen molar-refractivity contribution in [2.75, 3.05) is 5.32 Å². The maximum absolute atomic E-state index is 11.7. The number of nitrogens with one attached hydrogen (secondary N) is 2. The molecule has 0 bridgehead atoms. The lowest BCUT2D eigenvalue weighted by Gasteiger charge is -2.24. The molecule has 0 aliphatic carbocycles. The maximum atomic E-state index is 11.7. The Hall–Kier alpha value is -2.57. The molecule has 7 heteroatoms. The molecular formula is C13H17N3O4. The Balaban J connectivity index is 2.62. The maximum Gasteiger partial charge on any atom is 0.335 e. The van der Waals surface area contributed by atoms with E-state index >= 15 is 0 Å². The number of rotatable bonds is 5. The molecule has 0 radical (unpaired) electrons. The minimum atomic E-state index is -1.04. The molecule has 1 rings (SSSR count). The Bertz CT molecular complexity index is 523. The van der Waals surface area contributed by atoms with E-state index in [-0.39, 0.29) is 12.0 Å². The smallest absolute Gasteiger partial charge is 0.335 e. The van der Waals surface area contributed by atoms with Crippen molar-refractivity contribution in [1.82, 2.24) is 5.32 Å². The van der Waals surface area contributed by atoms with Gasteiger partial charge in [0.15, 0.2) is 0 Å². The van der Waals surface area contributed by atoms with Crippen LogP contribution in [-0.2, 0) is 4.79 Å². The molecule has 0 saturated carbocycles. The number of carboxylic acids is 1. The summed E-state index contributed by atoms with van der Waals surface area (Å²) in [6, 6.07) is 5.21. The third kappa shape index (κ3) is 4.97. The van der Waals surface area contributed by atoms with Crippen LogP contribution in [0.2, 0.25) is 0 Å². The predicted molar refractivity (Wildman–Crippen MR) is 73.4 cm³/mol.